The summed E-state index contributed by atoms with van der Waals surface area (Å²) in [4.78, 5) is 18.2. The molecule has 0 unspecified atom stereocenters. The molecule has 1 aliphatic heterocycles. The summed E-state index contributed by atoms with van der Waals surface area (Å²) in [5, 5.41) is 0. The maximum Gasteiger partial charge on any atom is 0.410 e. The number of likely N-dealkylation sites (tertiary alicyclic amines) is 1. The minimum atomic E-state index is -0.447. The van der Waals surface area contributed by atoms with Crippen LogP contribution in [0.3, 0.4) is 0 Å². The summed E-state index contributed by atoms with van der Waals surface area (Å²) in [6, 6.07) is 2.13. The van der Waals surface area contributed by atoms with E-state index in [2.05, 4.69) is 4.98 Å². The fraction of sp³-hybridized carbons (Fsp3) is 0.600. The Kier molecular flexibility index (Phi) is 3.78. The first-order chi connectivity index (χ1) is 8.88. The van der Waals surface area contributed by atoms with Gasteiger partial charge in [-0.2, -0.15) is 0 Å². The Morgan fingerprint density at radius 2 is 2.21 bits per heavy atom. The molecule has 0 aliphatic carbocycles. The van der Waals surface area contributed by atoms with Gasteiger partial charge in [-0.3, -0.25) is 4.98 Å². The highest BCUT2D eigenvalue weighted by molar-refractivity contribution is 5.69. The van der Waals surface area contributed by atoms with Crippen LogP contribution in [0.2, 0.25) is 0 Å². The standard InChI is InChI=1S/C15H22N2O2/c1-11-10-16-8-7-12(11)13-6-5-9-17(13)14(18)19-15(2,3)4/h7-8,10,13H,5-6,9H2,1-4H3/t13-/m1/s1. The molecule has 0 radical (unpaired) electrons. The van der Waals surface area contributed by atoms with Crippen LogP contribution in [-0.4, -0.2) is 28.1 Å². The quantitative estimate of drug-likeness (QED) is 0.778. The summed E-state index contributed by atoms with van der Waals surface area (Å²) in [5.74, 6) is 0. The van der Waals surface area contributed by atoms with Crippen molar-refractivity contribution in [2.45, 2.75) is 52.2 Å². The Bertz CT molecular complexity index is 465. The first-order valence-corrected chi connectivity index (χ1v) is 6.78. The van der Waals surface area contributed by atoms with Crippen molar-refractivity contribution in [2.24, 2.45) is 0 Å². The van der Waals surface area contributed by atoms with Crippen molar-refractivity contribution in [1.29, 1.82) is 0 Å². The summed E-state index contributed by atoms with van der Waals surface area (Å²) >= 11 is 0. The fourth-order valence-corrected chi connectivity index (χ4v) is 2.49. The summed E-state index contributed by atoms with van der Waals surface area (Å²) < 4.78 is 5.48. The van der Waals surface area contributed by atoms with Gasteiger partial charge in [-0.25, -0.2) is 4.79 Å². The molecule has 2 heterocycles. The average Bonchev–Trinajstić information content (AvgIpc) is 2.76. The van der Waals surface area contributed by atoms with Crippen LogP contribution in [0.5, 0.6) is 0 Å². The van der Waals surface area contributed by atoms with Crippen LogP contribution in [0.15, 0.2) is 18.5 Å². The lowest BCUT2D eigenvalue weighted by Crippen LogP contribution is -2.36. The molecule has 0 spiro atoms. The van der Waals surface area contributed by atoms with E-state index in [4.69, 9.17) is 4.74 Å². The molecule has 1 aliphatic rings. The van der Waals surface area contributed by atoms with E-state index in [0.29, 0.717) is 0 Å². The Morgan fingerprint density at radius 3 is 2.84 bits per heavy atom. The van der Waals surface area contributed by atoms with Gasteiger partial charge in [0.1, 0.15) is 5.60 Å². The largest absolute Gasteiger partial charge is 0.444 e. The van der Waals surface area contributed by atoms with Gasteiger partial charge in [0.25, 0.3) is 0 Å². The van der Waals surface area contributed by atoms with Crippen LogP contribution in [0.1, 0.15) is 50.8 Å². The van der Waals surface area contributed by atoms with Crippen LogP contribution >= 0.6 is 0 Å². The van der Waals surface area contributed by atoms with Gasteiger partial charge in [0.15, 0.2) is 0 Å². The number of hydrogen-bond donors (Lipinski definition) is 0. The number of nitrogens with zero attached hydrogens (tertiary/aromatic N) is 2. The molecule has 4 heteroatoms. The third-order valence-electron chi connectivity index (χ3n) is 3.30. The number of carbonyl (C=O) groups is 1. The van der Waals surface area contributed by atoms with Gasteiger partial charge in [0.05, 0.1) is 6.04 Å². The van der Waals surface area contributed by atoms with Crippen molar-refractivity contribution in [1.82, 2.24) is 9.88 Å². The highest BCUT2D eigenvalue weighted by Crippen LogP contribution is 2.34. The molecule has 0 N–H and O–H groups in total. The predicted molar refractivity (Wildman–Crippen MR) is 73.9 cm³/mol. The van der Waals surface area contributed by atoms with Crippen molar-refractivity contribution in [2.75, 3.05) is 6.54 Å². The van der Waals surface area contributed by atoms with Crippen molar-refractivity contribution in [3.8, 4) is 0 Å². The topological polar surface area (TPSA) is 42.4 Å². The van der Waals surface area contributed by atoms with Gasteiger partial charge in [-0.05, 0) is 57.7 Å². The van der Waals surface area contributed by atoms with Crippen molar-refractivity contribution in [3.63, 3.8) is 0 Å². The van der Waals surface area contributed by atoms with Crippen LogP contribution in [0.25, 0.3) is 0 Å². The zero-order valence-corrected chi connectivity index (χ0v) is 12.1. The maximum atomic E-state index is 12.2. The second kappa shape index (κ2) is 5.19. The highest BCUT2D eigenvalue weighted by Gasteiger charge is 2.33. The molecule has 1 saturated heterocycles. The molecule has 1 fully saturated rings. The molecule has 0 saturated carbocycles. The van der Waals surface area contributed by atoms with Gasteiger partial charge in [0, 0.05) is 18.9 Å². The number of aromatic nitrogens is 1. The van der Waals surface area contributed by atoms with E-state index in [0.717, 1.165) is 24.9 Å². The number of aryl methyl sites for hydroxylation is 1. The molecule has 1 atom stereocenters. The number of pyridine rings is 1. The average molecular weight is 262 g/mol. The third kappa shape index (κ3) is 3.25. The molecule has 19 heavy (non-hydrogen) atoms. The van der Waals surface area contributed by atoms with Gasteiger partial charge in [-0.15, -0.1) is 0 Å². The zero-order valence-electron chi connectivity index (χ0n) is 12.1. The Morgan fingerprint density at radius 1 is 1.47 bits per heavy atom. The minimum Gasteiger partial charge on any atom is -0.444 e. The molecule has 0 bridgehead atoms. The summed E-state index contributed by atoms with van der Waals surface area (Å²) in [6.45, 7) is 8.49. The Balaban J connectivity index is 2.18. The molecule has 2 rings (SSSR count). The van der Waals surface area contributed by atoms with Crippen molar-refractivity contribution in [3.05, 3.63) is 29.6 Å². The smallest absolute Gasteiger partial charge is 0.410 e. The number of hydrogen-bond acceptors (Lipinski definition) is 3. The minimum absolute atomic E-state index is 0.123. The number of carbonyl (C=O) groups excluding carboxylic acids is 1. The van der Waals surface area contributed by atoms with E-state index >= 15 is 0 Å². The van der Waals surface area contributed by atoms with Crippen molar-refractivity contribution >= 4 is 6.09 Å². The lowest BCUT2D eigenvalue weighted by atomic mass is 10.0. The number of ether oxygens (including phenoxy) is 1. The second-order valence-corrected chi connectivity index (χ2v) is 6.06. The van der Waals surface area contributed by atoms with Crippen molar-refractivity contribution < 1.29 is 9.53 Å². The van der Waals surface area contributed by atoms with E-state index in [1.165, 1.54) is 5.56 Å². The van der Waals surface area contributed by atoms with Gasteiger partial charge in [0.2, 0.25) is 0 Å². The SMILES string of the molecule is Cc1cnccc1[C@H]1CCCN1C(=O)OC(C)(C)C. The van der Waals surface area contributed by atoms with Crippen LogP contribution in [0.4, 0.5) is 4.79 Å². The monoisotopic (exact) mass is 262 g/mol. The van der Waals surface area contributed by atoms with E-state index < -0.39 is 5.60 Å². The highest BCUT2D eigenvalue weighted by atomic mass is 16.6. The molecule has 104 valence electrons. The fourth-order valence-electron chi connectivity index (χ4n) is 2.49. The lowest BCUT2D eigenvalue weighted by Gasteiger charge is -2.29. The first kappa shape index (κ1) is 13.8. The Hall–Kier alpha value is -1.58. The summed E-state index contributed by atoms with van der Waals surface area (Å²) in [7, 11) is 0. The predicted octanol–water partition coefficient (Wildman–Crippen LogP) is 3.46. The van der Waals surface area contributed by atoms with Gasteiger partial charge >= 0.3 is 6.09 Å². The van der Waals surface area contributed by atoms with E-state index in [-0.39, 0.29) is 12.1 Å². The van der Waals surface area contributed by atoms with Gasteiger partial charge < -0.3 is 9.64 Å². The maximum absolute atomic E-state index is 12.2. The molecule has 1 aromatic rings. The van der Waals surface area contributed by atoms with Crippen LogP contribution in [-0.2, 0) is 4.74 Å². The normalized spacial score (nSPS) is 19.6. The first-order valence-electron chi connectivity index (χ1n) is 6.78. The molecule has 0 aromatic carbocycles. The second-order valence-electron chi connectivity index (χ2n) is 6.06. The number of rotatable bonds is 1. The zero-order chi connectivity index (χ0) is 14.0. The van der Waals surface area contributed by atoms with E-state index in [1.54, 1.807) is 6.20 Å². The van der Waals surface area contributed by atoms with Crippen LogP contribution < -0.4 is 0 Å². The molecule has 1 amide bonds. The van der Waals surface area contributed by atoms with E-state index in [1.807, 2.05) is 44.9 Å². The molecule has 1 aromatic heterocycles. The molecular weight excluding hydrogens is 240 g/mol. The summed E-state index contributed by atoms with van der Waals surface area (Å²) in [5.41, 5.74) is 1.86. The van der Waals surface area contributed by atoms with Gasteiger partial charge in [-0.1, -0.05) is 0 Å². The molecule has 4 nitrogen and oxygen atoms in total. The van der Waals surface area contributed by atoms with Crippen LogP contribution in [0, 0.1) is 6.92 Å². The molecular formula is C15H22N2O2. The third-order valence-corrected chi connectivity index (χ3v) is 3.30. The van der Waals surface area contributed by atoms with E-state index in [9.17, 15) is 4.79 Å². The number of amides is 1. The summed E-state index contributed by atoms with van der Waals surface area (Å²) in [6.07, 6.45) is 5.43. The lowest BCUT2D eigenvalue weighted by molar-refractivity contribution is 0.0224. The Labute approximate surface area is 114 Å².